The summed E-state index contributed by atoms with van der Waals surface area (Å²) in [5.41, 5.74) is 1.48. The molecule has 0 radical (unpaired) electrons. The Morgan fingerprint density at radius 2 is 2.00 bits per heavy atom. The summed E-state index contributed by atoms with van der Waals surface area (Å²) >= 11 is 0. The summed E-state index contributed by atoms with van der Waals surface area (Å²) in [6, 6.07) is 0. The second-order valence-corrected chi connectivity index (χ2v) is 2.55. The van der Waals surface area contributed by atoms with Gasteiger partial charge in [0.25, 0.3) is 0 Å². The minimum absolute atomic E-state index is 1.10. The van der Waals surface area contributed by atoms with Gasteiger partial charge in [-0.05, 0) is 12.8 Å². The smallest absolute Gasteiger partial charge is 0.0160 e. The Bertz CT molecular complexity index is 170. The van der Waals surface area contributed by atoms with E-state index in [0.717, 1.165) is 6.42 Å². The van der Waals surface area contributed by atoms with Crippen molar-refractivity contribution in [3.63, 3.8) is 0 Å². The second-order valence-electron chi connectivity index (χ2n) is 2.55. The van der Waals surface area contributed by atoms with Crippen LogP contribution in [0.5, 0.6) is 0 Å². The predicted molar refractivity (Wildman–Crippen MR) is 57.2 cm³/mol. The third-order valence-corrected chi connectivity index (χ3v) is 1.61. The van der Waals surface area contributed by atoms with Gasteiger partial charge in [-0.2, -0.15) is 0 Å². The zero-order valence-corrected chi connectivity index (χ0v) is 8.51. The highest BCUT2D eigenvalue weighted by Crippen LogP contribution is 2.10. The molecular weight excluding hydrogens is 144 g/mol. The largest absolute Gasteiger partial charge is 0.0807 e. The van der Waals surface area contributed by atoms with E-state index in [-0.39, 0.29) is 0 Å². The quantitative estimate of drug-likeness (QED) is 0.572. The summed E-state index contributed by atoms with van der Waals surface area (Å²) in [7, 11) is 0. The molecule has 0 atom stereocenters. The third kappa shape index (κ3) is 4.95. The van der Waals surface area contributed by atoms with Gasteiger partial charge in [-0.1, -0.05) is 63.1 Å². The van der Waals surface area contributed by atoms with Gasteiger partial charge >= 0.3 is 0 Å². The van der Waals surface area contributed by atoms with Gasteiger partial charge in [-0.25, -0.2) is 0 Å². The van der Waals surface area contributed by atoms with Crippen LogP contribution in [0, 0.1) is 0 Å². The highest BCUT2D eigenvalue weighted by atomic mass is 14.0. The predicted octanol–water partition coefficient (Wildman–Crippen LogP) is 4.26. The summed E-state index contributed by atoms with van der Waals surface area (Å²) < 4.78 is 0. The molecule has 1 aliphatic rings. The summed E-state index contributed by atoms with van der Waals surface area (Å²) in [4.78, 5) is 0. The van der Waals surface area contributed by atoms with Gasteiger partial charge in [0.2, 0.25) is 0 Å². The van der Waals surface area contributed by atoms with Crippen LogP contribution in [0.2, 0.25) is 0 Å². The SMILES string of the molecule is CC.CCCC1=CCC=CC=C1. The molecule has 0 bridgehead atoms. The first-order valence-corrected chi connectivity index (χ1v) is 4.95. The summed E-state index contributed by atoms with van der Waals surface area (Å²) in [6.45, 7) is 6.22. The molecule has 0 N–H and O–H groups in total. The molecule has 0 spiro atoms. The highest BCUT2D eigenvalue weighted by Gasteiger charge is 1.90. The lowest BCUT2D eigenvalue weighted by Crippen LogP contribution is -1.75. The van der Waals surface area contributed by atoms with Crippen LogP contribution >= 0.6 is 0 Å². The fourth-order valence-electron chi connectivity index (χ4n) is 1.10. The molecule has 0 unspecified atom stereocenters. The van der Waals surface area contributed by atoms with Crippen LogP contribution in [0.3, 0.4) is 0 Å². The van der Waals surface area contributed by atoms with E-state index in [1.165, 1.54) is 18.4 Å². The van der Waals surface area contributed by atoms with E-state index in [0.29, 0.717) is 0 Å². The molecule has 0 aliphatic heterocycles. The van der Waals surface area contributed by atoms with Crippen LogP contribution in [0.15, 0.2) is 36.0 Å². The fourth-order valence-corrected chi connectivity index (χ4v) is 1.10. The van der Waals surface area contributed by atoms with E-state index in [2.05, 4.69) is 37.3 Å². The van der Waals surface area contributed by atoms with Crippen molar-refractivity contribution in [2.45, 2.75) is 40.0 Å². The van der Waals surface area contributed by atoms with Gasteiger partial charge < -0.3 is 0 Å². The minimum atomic E-state index is 1.10. The van der Waals surface area contributed by atoms with E-state index in [4.69, 9.17) is 0 Å². The van der Waals surface area contributed by atoms with Crippen LogP contribution in [-0.2, 0) is 0 Å². The number of hydrogen-bond donors (Lipinski definition) is 0. The van der Waals surface area contributed by atoms with E-state index >= 15 is 0 Å². The van der Waals surface area contributed by atoms with Crippen LogP contribution < -0.4 is 0 Å². The van der Waals surface area contributed by atoms with Crippen molar-refractivity contribution in [3.05, 3.63) is 36.0 Å². The zero-order valence-electron chi connectivity index (χ0n) is 8.51. The maximum absolute atomic E-state index is 2.30. The lowest BCUT2D eigenvalue weighted by Gasteiger charge is -1.95. The average Bonchev–Trinajstić information content (AvgIpc) is 2.37. The maximum atomic E-state index is 2.30. The molecule has 0 heteroatoms. The van der Waals surface area contributed by atoms with Crippen molar-refractivity contribution in [2.24, 2.45) is 0 Å². The molecule has 0 amide bonds. The summed E-state index contributed by atoms with van der Waals surface area (Å²) in [5.74, 6) is 0. The molecule has 68 valence electrons. The Balaban J connectivity index is 0.000000561. The van der Waals surface area contributed by atoms with Crippen molar-refractivity contribution in [2.75, 3.05) is 0 Å². The molecule has 0 aromatic carbocycles. The molecule has 0 saturated heterocycles. The number of hydrogen-bond acceptors (Lipinski definition) is 0. The van der Waals surface area contributed by atoms with Crippen LogP contribution in [0.4, 0.5) is 0 Å². The van der Waals surface area contributed by atoms with Crippen molar-refractivity contribution in [1.82, 2.24) is 0 Å². The summed E-state index contributed by atoms with van der Waals surface area (Å²) in [6.07, 6.45) is 14.5. The number of rotatable bonds is 2. The molecule has 0 aromatic rings. The molecule has 0 heterocycles. The first kappa shape index (κ1) is 11.2. The Hall–Kier alpha value is -0.780. The van der Waals surface area contributed by atoms with Crippen molar-refractivity contribution in [1.29, 1.82) is 0 Å². The van der Waals surface area contributed by atoms with Crippen LogP contribution in [0.25, 0.3) is 0 Å². The highest BCUT2D eigenvalue weighted by molar-refractivity contribution is 5.25. The molecule has 1 rings (SSSR count). The number of allylic oxidation sites excluding steroid dienone is 6. The fraction of sp³-hybridized carbons (Fsp3) is 0.500. The third-order valence-electron chi connectivity index (χ3n) is 1.61. The van der Waals surface area contributed by atoms with E-state index in [1.807, 2.05) is 13.8 Å². The Morgan fingerprint density at radius 1 is 1.25 bits per heavy atom. The molecular formula is C12H20. The van der Waals surface area contributed by atoms with Gasteiger partial charge in [0.15, 0.2) is 0 Å². The second kappa shape index (κ2) is 8.32. The van der Waals surface area contributed by atoms with Crippen molar-refractivity contribution >= 4 is 0 Å². The molecule has 0 aromatic heterocycles. The monoisotopic (exact) mass is 164 g/mol. The van der Waals surface area contributed by atoms with Gasteiger partial charge in [-0.3, -0.25) is 0 Å². The van der Waals surface area contributed by atoms with Gasteiger partial charge in [-0.15, -0.1) is 0 Å². The average molecular weight is 164 g/mol. The first-order chi connectivity index (χ1) is 5.93. The maximum Gasteiger partial charge on any atom is -0.0160 e. The van der Waals surface area contributed by atoms with Crippen molar-refractivity contribution in [3.8, 4) is 0 Å². The molecule has 1 aliphatic carbocycles. The van der Waals surface area contributed by atoms with Crippen LogP contribution in [-0.4, -0.2) is 0 Å². The first-order valence-electron chi connectivity index (χ1n) is 4.95. The van der Waals surface area contributed by atoms with Crippen LogP contribution in [0.1, 0.15) is 40.0 Å². The minimum Gasteiger partial charge on any atom is -0.0807 e. The Kier molecular flexibility index (Phi) is 7.78. The van der Waals surface area contributed by atoms with Gasteiger partial charge in [0, 0.05) is 0 Å². The van der Waals surface area contributed by atoms with Gasteiger partial charge in [0.05, 0.1) is 0 Å². The summed E-state index contributed by atoms with van der Waals surface area (Å²) in [5, 5.41) is 0. The standard InChI is InChI=1S/C10H14.C2H6/c1-2-7-10-8-5-3-4-6-9-10;1-2/h3-5,8-9H,2,6-7H2,1H3;1-2H3. The van der Waals surface area contributed by atoms with Gasteiger partial charge in [0.1, 0.15) is 0 Å². The Labute approximate surface area is 76.7 Å². The Morgan fingerprint density at radius 3 is 2.67 bits per heavy atom. The molecule has 0 nitrogen and oxygen atoms in total. The molecule has 12 heavy (non-hydrogen) atoms. The lowest BCUT2D eigenvalue weighted by molar-refractivity contribution is 0.922. The van der Waals surface area contributed by atoms with E-state index in [9.17, 15) is 0 Å². The van der Waals surface area contributed by atoms with E-state index in [1.54, 1.807) is 0 Å². The lowest BCUT2D eigenvalue weighted by atomic mass is 10.1. The van der Waals surface area contributed by atoms with E-state index < -0.39 is 0 Å². The molecule has 0 fully saturated rings. The normalized spacial score (nSPS) is 14.4. The van der Waals surface area contributed by atoms with Crippen molar-refractivity contribution < 1.29 is 0 Å². The topological polar surface area (TPSA) is 0 Å². The molecule has 0 saturated carbocycles. The zero-order chi connectivity index (χ0) is 9.23.